The Balaban J connectivity index is 2.57. The van der Waals surface area contributed by atoms with Crippen LogP contribution in [0.25, 0.3) is 6.08 Å². The Morgan fingerprint density at radius 3 is 2.44 bits per heavy atom. The number of rotatable bonds is 5. The molecule has 0 radical (unpaired) electrons. The lowest BCUT2D eigenvalue weighted by Crippen LogP contribution is -2.42. The van der Waals surface area contributed by atoms with Crippen LogP contribution in [0.15, 0.2) is 30.3 Å². The number of benzene rings is 1. The van der Waals surface area contributed by atoms with E-state index in [4.69, 9.17) is 0 Å². The molecular formula is C16H23NO. The van der Waals surface area contributed by atoms with E-state index in [-0.39, 0.29) is 11.4 Å². The molecule has 0 saturated carbocycles. The van der Waals surface area contributed by atoms with E-state index in [9.17, 15) is 4.79 Å². The monoisotopic (exact) mass is 245 g/mol. The van der Waals surface area contributed by atoms with Crippen LogP contribution in [0.5, 0.6) is 0 Å². The average Bonchev–Trinajstić information content (AvgIpc) is 2.27. The molecule has 0 atom stereocenters. The highest BCUT2D eigenvalue weighted by Crippen LogP contribution is 2.11. The zero-order chi connectivity index (χ0) is 13.6. The molecule has 0 unspecified atom stereocenters. The minimum atomic E-state index is -0.135. The fraction of sp³-hybridized carbons (Fsp3) is 0.438. The molecule has 0 fully saturated rings. The van der Waals surface area contributed by atoms with E-state index in [1.54, 1.807) is 6.08 Å². The minimum Gasteiger partial charge on any atom is -0.348 e. The molecule has 1 rings (SSSR count). The summed E-state index contributed by atoms with van der Waals surface area (Å²) in [7, 11) is 0. The Morgan fingerprint density at radius 1 is 1.28 bits per heavy atom. The Hall–Kier alpha value is -1.57. The molecule has 2 nitrogen and oxygen atoms in total. The van der Waals surface area contributed by atoms with Crippen LogP contribution in [-0.2, 0) is 4.79 Å². The van der Waals surface area contributed by atoms with Crippen molar-refractivity contribution in [3.05, 3.63) is 41.5 Å². The second-order valence-corrected chi connectivity index (χ2v) is 5.37. The lowest BCUT2D eigenvalue weighted by molar-refractivity contribution is -0.118. The normalized spacial score (nSPS) is 11.8. The van der Waals surface area contributed by atoms with Crippen molar-refractivity contribution in [2.45, 2.75) is 46.1 Å². The number of hydrogen-bond donors (Lipinski definition) is 1. The van der Waals surface area contributed by atoms with Crippen molar-refractivity contribution in [2.24, 2.45) is 0 Å². The molecule has 0 bridgehead atoms. The van der Waals surface area contributed by atoms with Crippen LogP contribution < -0.4 is 5.32 Å². The van der Waals surface area contributed by atoms with Crippen LogP contribution in [0.4, 0.5) is 0 Å². The van der Waals surface area contributed by atoms with Crippen molar-refractivity contribution in [3.63, 3.8) is 0 Å². The summed E-state index contributed by atoms with van der Waals surface area (Å²) in [5.41, 5.74) is 2.13. The summed E-state index contributed by atoms with van der Waals surface area (Å²) in [5, 5.41) is 3.01. The second-order valence-electron chi connectivity index (χ2n) is 5.37. The summed E-state index contributed by atoms with van der Waals surface area (Å²) in [6.07, 6.45) is 5.49. The molecule has 18 heavy (non-hydrogen) atoms. The topological polar surface area (TPSA) is 29.1 Å². The summed E-state index contributed by atoms with van der Waals surface area (Å²) in [6, 6.07) is 8.10. The summed E-state index contributed by atoms with van der Waals surface area (Å²) in [6.45, 7) is 8.27. The standard InChI is InChI=1S/C16H23NO/c1-5-12-16(3,4)17-15(18)11-10-14-8-6-13(2)7-9-14/h6-11H,5,12H2,1-4H3,(H,17,18)/b11-10+. The van der Waals surface area contributed by atoms with Crippen LogP contribution in [0.3, 0.4) is 0 Å². The number of aryl methyl sites for hydroxylation is 1. The zero-order valence-electron chi connectivity index (χ0n) is 11.8. The highest BCUT2D eigenvalue weighted by molar-refractivity contribution is 5.92. The summed E-state index contributed by atoms with van der Waals surface area (Å²) in [4.78, 5) is 11.8. The maximum Gasteiger partial charge on any atom is 0.244 e. The van der Waals surface area contributed by atoms with Gasteiger partial charge in [0.15, 0.2) is 0 Å². The lowest BCUT2D eigenvalue weighted by atomic mass is 9.99. The molecule has 0 aliphatic heterocycles. The number of hydrogen-bond acceptors (Lipinski definition) is 1. The minimum absolute atomic E-state index is 0.0333. The van der Waals surface area contributed by atoms with Gasteiger partial charge in [-0.3, -0.25) is 4.79 Å². The van der Waals surface area contributed by atoms with E-state index in [1.807, 2.05) is 51.1 Å². The van der Waals surface area contributed by atoms with E-state index in [0.29, 0.717) is 0 Å². The van der Waals surface area contributed by atoms with E-state index < -0.39 is 0 Å². The van der Waals surface area contributed by atoms with Crippen LogP contribution in [-0.4, -0.2) is 11.4 Å². The van der Waals surface area contributed by atoms with Gasteiger partial charge >= 0.3 is 0 Å². The largest absolute Gasteiger partial charge is 0.348 e. The van der Waals surface area contributed by atoms with Gasteiger partial charge in [-0.1, -0.05) is 43.2 Å². The predicted octanol–water partition coefficient (Wildman–Crippen LogP) is 3.70. The van der Waals surface area contributed by atoms with Crippen molar-refractivity contribution in [2.75, 3.05) is 0 Å². The number of nitrogens with one attached hydrogen (secondary N) is 1. The van der Waals surface area contributed by atoms with Crippen LogP contribution in [0.2, 0.25) is 0 Å². The Bertz CT molecular complexity index is 415. The quantitative estimate of drug-likeness (QED) is 0.787. The van der Waals surface area contributed by atoms with Gasteiger partial charge in [0.05, 0.1) is 0 Å². The van der Waals surface area contributed by atoms with Gasteiger partial charge in [-0.25, -0.2) is 0 Å². The molecule has 0 aliphatic rings. The fourth-order valence-corrected chi connectivity index (χ4v) is 1.91. The van der Waals surface area contributed by atoms with Crippen molar-refractivity contribution in [1.29, 1.82) is 0 Å². The molecule has 0 spiro atoms. The van der Waals surface area contributed by atoms with Crippen molar-refractivity contribution < 1.29 is 4.79 Å². The highest BCUT2D eigenvalue weighted by Gasteiger charge is 2.17. The maximum atomic E-state index is 11.8. The van der Waals surface area contributed by atoms with E-state index in [1.165, 1.54) is 5.56 Å². The van der Waals surface area contributed by atoms with E-state index >= 15 is 0 Å². The molecule has 1 aromatic carbocycles. The number of carbonyl (C=O) groups excluding carboxylic acids is 1. The smallest absolute Gasteiger partial charge is 0.244 e. The van der Waals surface area contributed by atoms with Crippen molar-refractivity contribution >= 4 is 12.0 Å². The van der Waals surface area contributed by atoms with Gasteiger partial charge in [-0.2, -0.15) is 0 Å². The highest BCUT2D eigenvalue weighted by atomic mass is 16.1. The van der Waals surface area contributed by atoms with Crippen molar-refractivity contribution in [3.8, 4) is 0 Å². The third-order valence-electron chi connectivity index (χ3n) is 2.84. The Labute approximate surface area is 110 Å². The van der Waals surface area contributed by atoms with Gasteiger partial charge in [-0.15, -0.1) is 0 Å². The van der Waals surface area contributed by atoms with Crippen LogP contribution in [0, 0.1) is 6.92 Å². The Kier molecular flexibility index (Phi) is 5.14. The predicted molar refractivity (Wildman–Crippen MR) is 77.3 cm³/mol. The molecule has 0 aromatic heterocycles. The molecule has 2 heteroatoms. The molecule has 1 aromatic rings. The average molecular weight is 245 g/mol. The first-order chi connectivity index (χ1) is 8.43. The SMILES string of the molecule is CCCC(C)(C)NC(=O)/C=C/c1ccc(C)cc1. The van der Waals surface area contributed by atoms with Gasteiger partial charge in [0, 0.05) is 11.6 Å². The van der Waals surface area contributed by atoms with Crippen LogP contribution >= 0.6 is 0 Å². The first-order valence-corrected chi connectivity index (χ1v) is 6.50. The van der Waals surface area contributed by atoms with Gasteiger partial charge in [0.2, 0.25) is 5.91 Å². The molecule has 0 saturated heterocycles. The molecular weight excluding hydrogens is 222 g/mol. The first kappa shape index (κ1) is 14.5. The molecule has 1 amide bonds. The lowest BCUT2D eigenvalue weighted by Gasteiger charge is -2.24. The summed E-state index contributed by atoms with van der Waals surface area (Å²) >= 11 is 0. The summed E-state index contributed by atoms with van der Waals surface area (Å²) in [5.74, 6) is -0.0333. The number of amides is 1. The van der Waals surface area contributed by atoms with E-state index in [2.05, 4.69) is 12.2 Å². The second kappa shape index (κ2) is 6.39. The van der Waals surface area contributed by atoms with Gasteiger partial charge in [-0.05, 0) is 38.8 Å². The molecule has 1 N–H and O–H groups in total. The third kappa shape index (κ3) is 5.17. The number of carbonyl (C=O) groups is 1. The van der Waals surface area contributed by atoms with Crippen molar-refractivity contribution in [1.82, 2.24) is 5.32 Å². The van der Waals surface area contributed by atoms with E-state index in [0.717, 1.165) is 18.4 Å². The molecule has 0 heterocycles. The third-order valence-corrected chi connectivity index (χ3v) is 2.84. The Morgan fingerprint density at radius 2 is 1.89 bits per heavy atom. The van der Waals surface area contributed by atoms with Crippen LogP contribution in [0.1, 0.15) is 44.7 Å². The molecule has 0 aliphatic carbocycles. The van der Waals surface area contributed by atoms with Gasteiger partial charge in [0.25, 0.3) is 0 Å². The first-order valence-electron chi connectivity index (χ1n) is 6.50. The summed E-state index contributed by atoms with van der Waals surface area (Å²) < 4.78 is 0. The molecule has 98 valence electrons. The zero-order valence-corrected chi connectivity index (χ0v) is 11.8. The fourth-order valence-electron chi connectivity index (χ4n) is 1.91. The van der Waals surface area contributed by atoms with Gasteiger partial charge < -0.3 is 5.32 Å². The van der Waals surface area contributed by atoms with Gasteiger partial charge in [0.1, 0.15) is 0 Å². The maximum absolute atomic E-state index is 11.8.